The lowest BCUT2D eigenvalue weighted by molar-refractivity contribution is -0.142. The fourth-order valence-electron chi connectivity index (χ4n) is 2.20. The lowest BCUT2D eigenvalue weighted by Gasteiger charge is -2.28. The van der Waals surface area contributed by atoms with Gasteiger partial charge >= 0.3 is 12.0 Å². The molecule has 1 rings (SSSR count). The highest BCUT2D eigenvalue weighted by atomic mass is 16.5. The molecule has 2 atom stereocenters. The molecule has 1 heterocycles. The molecule has 0 aliphatic carbocycles. The summed E-state index contributed by atoms with van der Waals surface area (Å²) in [6.07, 6.45) is 0.738. The van der Waals surface area contributed by atoms with Crippen LogP contribution in [-0.4, -0.2) is 66.3 Å². The minimum atomic E-state index is -0.924. The van der Waals surface area contributed by atoms with Crippen molar-refractivity contribution >= 4 is 12.0 Å². The van der Waals surface area contributed by atoms with Crippen LogP contribution in [0.15, 0.2) is 0 Å². The molecule has 0 aromatic carbocycles. The quantitative estimate of drug-likeness (QED) is 0.743. The Hall–Kier alpha value is -1.30. The summed E-state index contributed by atoms with van der Waals surface area (Å²) in [5.74, 6) is -0.918. The minimum Gasteiger partial charge on any atom is -0.480 e. The molecule has 1 fully saturated rings. The molecule has 2 unspecified atom stereocenters. The lowest BCUT2D eigenvalue weighted by Crippen LogP contribution is -2.48. The molecular formula is C12H22N2O4. The molecule has 0 aromatic rings. The van der Waals surface area contributed by atoms with E-state index >= 15 is 0 Å². The summed E-state index contributed by atoms with van der Waals surface area (Å²) in [7, 11) is 1.67. The number of aliphatic carboxylic acids is 1. The van der Waals surface area contributed by atoms with Crippen LogP contribution in [0.4, 0.5) is 4.79 Å². The minimum absolute atomic E-state index is 0.00624. The lowest BCUT2D eigenvalue weighted by atomic mass is 10.0. The molecule has 1 aliphatic rings. The fourth-order valence-corrected chi connectivity index (χ4v) is 2.20. The Bertz CT molecular complexity index is 308. The second-order valence-corrected chi connectivity index (χ2v) is 4.64. The molecule has 1 saturated heterocycles. The molecule has 6 heteroatoms. The number of hydrogen-bond donors (Lipinski definition) is 1. The van der Waals surface area contributed by atoms with Gasteiger partial charge in [-0.2, -0.15) is 0 Å². The first-order valence-electron chi connectivity index (χ1n) is 6.31. The number of likely N-dealkylation sites (tertiary alicyclic amines) is 1. The van der Waals surface area contributed by atoms with Crippen molar-refractivity contribution in [2.75, 3.05) is 33.4 Å². The number of urea groups is 1. The highest BCUT2D eigenvalue weighted by Crippen LogP contribution is 2.24. The van der Waals surface area contributed by atoms with Crippen LogP contribution in [-0.2, 0) is 9.53 Å². The summed E-state index contributed by atoms with van der Waals surface area (Å²) in [6.45, 7) is 5.83. The first-order valence-corrected chi connectivity index (χ1v) is 6.31. The second kappa shape index (κ2) is 6.58. The van der Waals surface area contributed by atoms with Gasteiger partial charge in [0.25, 0.3) is 0 Å². The number of ether oxygens (including phenoxy) is 1. The van der Waals surface area contributed by atoms with E-state index in [1.165, 1.54) is 9.80 Å². The topological polar surface area (TPSA) is 70.1 Å². The van der Waals surface area contributed by atoms with Crippen molar-refractivity contribution in [3.8, 4) is 0 Å². The maximum Gasteiger partial charge on any atom is 0.326 e. The Morgan fingerprint density at radius 2 is 2.17 bits per heavy atom. The van der Waals surface area contributed by atoms with Crippen molar-refractivity contribution in [2.24, 2.45) is 5.92 Å². The first-order chi connectivity index (χ1) is 8.49. The molecule has 2 amide bonds. The van der Waals surface area contributed by atoms with E-state index in [4.69, 9.17) is 9.84 Å². The van der Waals surface area contributed by atoms with E-state index < -0.39 is 12.0 Å². The monoisotopic (exact) mass is 258 g/mol. The smallest absolute Gasteiger partial charge is 0.326 e. The number of carboxylic acid groups (broad SMARTS) is 1. The van der Waals surface area contributed by atoms with E-state index in [1.54, 1.807) is 7.05 Å². The molecule has 0 aromatic heterocycles. The van der Waals surface area contributed by atoms with Crippen LogP contribution in [0.25, 0.3) is 0 Å². The average Bonchev–Trinajstić information content (AvgIpc) is 2.70. The van der Waals surface area contributed by atoms with Crippen molar-refractivity contribution in [1.82, 2.24) is 9.80 Å². The van der Waals surface area contributed by atoms with Gasteiger partial charge in [0.1, 0.15) is 6.04 Å². The van der Waals surface area contributed by atoms with Crippen molar-refractivity contribution in [2.45, 2.75) is 26.3 Å². The molecule has 18 heavy (non-hydrogen) atoms. The predicted molar refractivity (Wildman–Crippen MR) is 66.4 cm³/mol. The second-order valence-electron chi connectivity index (χ2n) is 4.64. The van der Waals surface area contributed by atoms with Gasteiger partial charge in [0.15, 0.2) is 0 Å². The normalized spacial score (nSPS) is 23.2. The van der Waals surface area contributed by atoms with Gasteiger partial charge in [0, 0.05) is 26.7 Å². The first kappa shape index (κ1) is 14.8. The standard InChI is InChI=1S/C12H22N2O4/c1-4-18-8-7-13(3)12(17)14-6-5-9(2)10(14)11(15)16/h9-10H,4-8H2,1-3H3,(H,15,16). The Balaban J connectivity index is 2.57. The van der Waals surface area contributed by atoms with Crippen LogP contribution in [0.3, 0.4) is 0 Å². The molecule has 0 radical (unpaired) electrons. The van der Waals surface area contributed by atoms with E-state index in [0.717, 1.165) is 6.42 Å². The average molecular weight is 258 g/mol. The summed E-state index contributed by atoms with van der Waals surface area (Å²) in [5, 5.41) is 9.16. The summed E-state index contributed by atoms with van der Waals surface area (Å²) < 4.78 is 5.18. The number of hydrogen-bond acceptors (Lipinski definition) is 3. The van der Waals surface area contributed by atoms with Crippen LogP contribution in [0, 0.1) is 5.92 Å². The largest absolute Gasteiger partial charge is 0.480 e. The molecule has 104 valence electrons. The van der Waals surface area contributed by atoms with Crippen LogP contribution in [0.1, 0.15) is 20.3 Å². The number of carbonyl (C=O) groups is 2. The van der Waals surface area contributed by atoms with E-state index in [-0.39, 0.29) is 11.9 Å². The number of carbonyl (C=O) groups excluding carboxylic acids is 1. The van der Waals surface area contributed by atoms with E-state index in [1.807, 2.05) is 13.8 Å². The highest BCUT2D eigenvalue weighted by Gasteiger charge is 2.40. The Morgan fingerprint density at radius 1 is 1.50 bits per heavy atom. The zero-order chi connectivity index (χ0) is 13.7. The summed E-state index contributed by atoms with van der Waals surface area (Å²) in [4.78, 5) is 26.3. The van der Waals surface area contributed by atoms with Gasteiger partial charge in [0.05, 0.1) is 6.61 Å². The van der Waals surface area contributed by atoms with Crippen LogP contribution in [0.2, 0.25) is 0 Å². The Labute approximate surface area is 107 Å². The van der Waals surface area contributed by atoms with Crippen molar-refractivity contribution in [3.05, 3.63) is 0 Å². The van der Waals surface area contributed by atoms with Gasteiger partial charge in [-0.15, -0.1) is 0 Å². The molecule has 6 nitrogen and oxygen atoms in total. The molecule has 1 aliphatic heterocycles. The Kier molecular flexibility index (Phi) is 5.40. The van der Waals surface area contributed by atoms with Crippen LogP contribution >= 0.6 is 0 Å². The third-order valence-corrected chi connectivity index (χ3v) is 3.30. The van der Waals surface area contributed by atoms with Gasteiger partial charge in [-0.3, -0.25) is 0 Å². The number of carboxylic acids is 1. The maximum atomic E-state index is 12.1. The van der Waals surface area contributed by atoms with Crippen molar-refractivity contribution in [1.29, 1.82) is 0 Å². The highest BCUT2D eigenvalue weighted by molar-refractivity contribution is 5.83. The number of amides is 2. The van der Waals surface area contributed by atoms with Gasteiger partial charge in [0.2, 0.25) is 0 Å². The number of nitrogens with zero attached hydrogens (tertiary/aromatic N) is 2. The van der Waals surface area contributed by atoms with Gasteiger partial charge in [-0.05, 0) is 19.3 Å². The molecular weight excluding hydrogens is 236 g/mol. The third-order valence-electron chi connectivity index (χ3n) is 3.30. The molecule has 0 bridgehead atoms. The van der Waals surface area contributed by atoms with Gasteiger partial charge < -0.3 is 19.6 Å². The zero-order valence-electron chi connectivity index (χ0n) is 11.3. The summed E-state index contributed by atoms with van der Waals surface area (Å²) >= 11 is 0. The van der Waals surface area contributed by atoms with E-state index in [0.29, 0.717) is 26.3 Å². The SMILES string of the molecule is CCOCCN(C)C(=O)N1CCC(C)C1C(=O)O. The van der Waals surface area contributed by atoms with Crippen LogP contribution in [0.5, 0.6) is 0 Å². The van der Waals surface area contributed by atoms with Crippen LogP contribution < -0.4 is 0 Å². The molecule has 0 spiro atoms. The summed E-state index contributed by atoms with van der Waals surface area (Å²) in [6, 6.07) is -0.932. The molecule has 0 saturated carbocycles. The van der Waals surface area contributed by atoms with E-state index in [9.17, 15) is 9.59 Å². The van der Waals surface area contributed by atoms with Gasteiger partial charge in [-0.1, -0.05) is 6.92 Å². The number of likely N-dealkylation sites (N-methyl/N-ethyl adjacent to an activating group) is 1. The summed E-state index contributed by atoms with van der Waals surface area (Å²) in [5.41, 5.74) is 0. The third kappa shape index (κ3) is 3.35. The van der Waals surface area contributed by atoms with Gasteiger partial charge in [-0.25, -0.2) is 9.59 Å². The Morgan fingerprint density at radius 3 is 2.72 bits per heavy atom. The van der Waals surface area contributed by atoms with Crippen molar-refractivity contribution in [3.63, 3.8) is 0 Å². The van der Waals surface area contributed by atoms with E-state index in [2.05, 4.69) is 0 Å². The predicted octanol–water partition coefficient (Wildman–Crippen LogP) is 0.870. The molecule has 1 N–H and O–H groups in total. The fraction of sp³-hybridized carbons (Fsp3) is 0.833. The number of rotatable bonds is 5. The zero-order valence-corrected chi connectivity index (χ0v) is 11.3. The van der Waals surface area contributed by atoms with Crippen molar-refractivity contribution < 1.29 is 19.4 Å². The maximum absolute atomic E-state index is 12.1.